The molecular weight excluding hydrogens is 202 g/mol. The third-order valence-corrected chi connectivity index (χ3v) is 1.56. The minimum Gasteiger partial charge on any atom is -0.396 e. The summed E-state index contributed by atoms with van der Waals surface area (Å²) < 4.78 is 71.6. The van der Waals surface area contributed by atoms with E-state index in [1.54, 1.807) is 0 Å². The van der Waals surface area contributed by atoms with Gasteiger partial charge in [-0.05, 0) is 0 Å². The molecule has 7 heteroatoms. The first-order valence-electron chi connectivity index (χ1n) is 3.33. The highest BCUT2D eigenvalue weighted by molar-refractivity contribution is 4.86. The lowest BCUT2D eigenvalue weighted by molar-refractivity contribution is -0.259. The molecule has 0 heterocycles. The van der Waals surface area contributed by atoms with E-state index < -0.39 is 30.8 Å². The average molecular weight is 210 g/mol. The number of alkyl halides is 6. The molecule has 13 heavy (non-hydrogen) atoms. The summed E-state index contributed by atoms with van der Waals surface area (Å²) in [5.41, 5.74) is 0. The normalized spacial score (nSPS) is 18.5. The maximum Gasteiger partial charge on any atom is 0.425 e. The summed E-state index contributed by atoms with van der Waals surface area (Å²) in [5, 5.41) is 8.17. The molecule has 0 bridgehead atoms. The molecule has 0 saturated heterocycles. The monoisotopic (exact) mass is 210 g/mol. The van der Waals surface area contributed by atoms with Crippen LogP contribution in [0.1, 0.15) is 6.92 Å². The van der Waals surface area contributed by atoms with Crippen molar-refractivity contribution in [2.45, 2.75) is 25.2 Å². The molecule has 0 radical (unpaired) electrons. The quantitative estimate of drug-likeness (QED) is 0.707. The van der Waals surface area contributed by atoms with Crippen LogP contribution in [0.15, 0.2) is 0 Å². The number of hydrogen-bond acceptors (Lipinski definition) is 1. The first-order chi connectivity index (χ1) is 5.64. The zero-order valence-corrected chi connectivity index (χ0v) is 6.58. The largest absolute Gasteiger partial charge is 0.425 e. The van der Waals surface area contributed by atoms with E-state index in [2.05, 4.69) is 0 Å². The maximum absolute atomic E-state index is 12.5. The van der Waals surface area contributed by atoms with Gasteiger partial charge < -0.3 is 5.11 Å². The molecule has 0 aliphatic rings. The molecule has 1 N–H and O–H groups in total. The summed E-state index contributed by atoms with van der Waals surface area (Å²) in [7, 11) is 0. The number of aliphatic hydroxyl groups is 1. The average Bonchev–Trinajstić information content (AvgIpc) is 1.99. The summed E-state index contributed by atoms with van der Waals surface area (Å²) in [4.78, 5) is 0. The maximum atomic E-state index is 12.5. The topological polar surface area (TPSA) is 20.2 Å². The first-order valence-corrected chi connectivity index (χ1v) is 3.33. The minimum atomic E-state index is -5.60. The van der Waals surface area contributed by atoms with Crippen molar-refractivity contribution in [2.75, 3.05) is 6.61 Å². The van der Waals surface area contributed by atoms with Crippen molar-refractivity contribution in [3.63, 3.8) is 0 Å². The minimum absolute atomic E-state index is 0.637. The first kappa shape index (κ1) is 12.5. The van der Waals surface area contributed by atoms with Gasteiger partial charge in [-0.25, -0.2) is 13.2 Å². The molecule has 0 aromatic carbocycles. The Morgan fingerprint density at radius 1 is 1.15 bits per heavy atom. The highest BCUT2D eigenvalue weighted by Crippen LogP contribution is 2.39. The van der Waals surface area contributed by atoms with Gasteiger partial charge in [0.25, 0.3) is 12.1 Å². The lowest BCUT2D eigenvalue weighted by Gasteiger charge is -2.26. The van der Waals surface area contributed by atoms with E-state index in [4.69, 9.17) is 5.11 Å². The van der Waals surface area contributed by atoms with Crippen LogP contribution in [0, 0.1) is 5.92 Å². The summed E-state index contributed by atoms with van der Waals surface area (Å²) in [6.45, 7) is -0.568. The van der Waals surface area contributed by atoms with Crippen molar-refractivity contribution < 1.29 is 31.4 Å². The Bertz CT molecular complexity index is 165. The molecule has 2 unspecified atom stereocenters. The molecule has 0 aromatic rings. The van der Waals surface area contributed by atoms with Crippen LogP contribution < -0.4 is 0 Å². The van der Waals surface area contributed by atoms with Gasteiger partial charge in [-0.3, -0.25) is 0 Å². The smallest absolute Gasteiger partial charge is 0.396 e. The Hall–Kier alpha value is -0.460. The Labute approximate surface area is 70.4 Å². The van der Waals surface area contributed by atoms with Gasteiger partial charge >= 0.3 is 6.18 Å². The zero-order chi connectivity index (χ0) is 10.9. The molecule has 0 saturated carbocycles. The summed E-state index contributed by atoms with van der Waals surface area (Å²) >= 11 is 0. The molecule has 80 valence electrons. The predicted octanol–water partition coefficient (Wildman–Crippen LogP) is 2.15. The van der Waals surface area contributed by atoms with Gasteiger partial charge in [-0.2, -0.15) is 13.2 Å². The van der Waals surface area contributed by atoms with Crippen LogP contribution in [0.5, 0.6) is 0 Å². The fourth-order valence-corrected chi connectivity index (χ4v) is 0.590. The van der Waals surface area contributed by atoms with Gasteiger partial charge in [0, 0.05) is 5.92 Å². The predicted molar refractivity (Wildman–Crippen MR) is 32.1 cm³/mol. The van der Waals surface area contributed by atoms with Crippen LogP contribution in [0.3, 0.4) is 0 Å². The third kappa shape index (κ3) is 2.75. The van der Waals surface area contributed by atoms with Crippen molar-refractivity contribution in [3.05, 3.63) is 0 Å². The van der Waals surface area contributed by atoms with E-state index >= 15 is 0 Å². The van der Waals surface area contributed by atoms with Gasteiger partial charge in [-0.1, -0.05) is 6.92 Å². The summed E-state index contributed by atoms with van der Waals surface area (Å²) in [6.07, 6.45) is -9.84. The molecule has 0 amide bonds. The van der Waals surface area contributed by atoms with Crippen molar-refractivity contribution in [1.82, 2.24) is 0 Å². The third-order valence-electron chi connectivity index (χ3n) is 1.56. The zero-order valence-electron chi connectivity index (χ0n) is 6.58. The van der Waals surface area contributed by atoms with Gasteiger partial charge in [0.2, 0.25) is 0 Å². The molecule has 2 atom stereocenters. The summed E-state index contributed by atoms with van der Waals surface area (Å²) in [5.74, 6) is -6.66. The molecule has 0 rings (SSSR count). The van der Waals surface area contributed by atoms with E-state index in [9.17, 15) is 26.3 Å². The molecular formula is C6H8F6O. The van der Waals surface area contributed by atoms with E-state index in [1.165, 1.54) is 0 Å². The Balaban J connectivity index is 4.63. The van der Waals surface area contributed by atoms with Gasteiger partial charge in [-0.15, -0.1) is 0 Å². The van der Waals surface area contributed by atoms with Gasteiger partial charge in [0.15, 0.2) is 0 Å². The molecule has 0 aliphatic carbocycles. The van der Waals surface area contributed by atoms with E-state index in [0.29, 0.717) is 6.92 Å². The highest BCUT2D eigenvalue weighted by atomic mass is 19.4. The van der Waals surface area contributed by atoms with Crippen molar-refractivity contribution in [3.8, 4) is 0 Å². The van der Waals surface area contributed by atoms with Crippen LogP contribution in [-0.2, 0) is 0 Å². The van der Waals surface area contributed by atoms with Crippen molar-refractivity contribution >= 4 is 0 Å². The lowest BCUT2D eigenvalue weighted by Crippen LogP contribution is -2.46. The molecule has 1 nitrogen and oxygen atoms in total. The number of hydrogen-bond donors (Lipinski definition) is 1. The number of aliphatic hydroxyl groups excluding tert-OH is 1. The van der Waals surface area contributed by atoms with Crippen LogP contribution in [0.2, 0.25) is 0 Å². The Morgan fingerprint density at radius 2 is 1.54 bits per heavy atom. The highest BCUT2D eigenvalue weighted by Gasteiger charge is 2.58. The second-order valence-electron chi connectivity index (χ2n) is 2.66. The standard InChI is InChI=1S/C6H8F6O/c1-3(2-13)5(8,9)4(7)6(10,11)12/h3-4,13H,2H2,1H3. The van der Waals surface area contributed by atoms with Crippen LogP contribution >= 0.6 is 0 Å². The SMILES string of the molecule is CC(CO)C(F)(F)C(F)C(F)(F)F. The van der Waals surface area contributed by atoms with Crippen LogP contribution in [0.25, 0.3) is 0 Å². The molecule has 0 fully saturated rings. The van der Waals surface area contributed by atoms with Gasteiger partial charge in [0.05, 0.1) is 6.61 Å². The van der Waals surface area contributed by atoms with Crippen LogP contribution in [-0.4, -0.2) is 30.0 Å². The van der Waals surface area contributed by atoms with E-state index in [1.807, 2.05) is 0 Å². The Morgan fingerprint density at radius 3 is 1.77 bits per heavy atom. The molecule has 0 spiro atoms. The second kappa shape index (κ2) is 3.73. The lowest BCUT2D eigenvalue weighted by atomic mass is 10.00. The fraction of sp³-hybridized carbons (Fsp3) is 1.00. The van der Waals surface area contributed by atoms with Crippen molar-refractivity contribution in [1.29, 1.82) is 0 Å². The summed E-state index contributed by atoms with van der Waals surface area (Å²) in [6, 6.07) is 0. The number of rotatable bonds is 3. The second-order valence-corrected chi connectivity index (χ2v) is 2.66. The number of halogens is 6. The Kier molecular flexibility index (Phi) is 3.60. The van der Waals surface area contributed by atoms with Crippen molar-refractivity contribution in [2.24, 2.45) is 5.92 Å². The van der Waals surface area contributed by atoms with E-state index in [0.717, 1.165) is 0 Å². The molecule has 0 aromatic heterocycles. The van der Waals surface area contributed by atoms with Crippen LogP contribution in [0.4, 0.5) is 26.3 Å². The fourth-order valence-electron chi connectivity index (χ4n) is 0.590. The molecule has 0 aliphatic heterocycles. The van der Waals surface area contributed by atoms with Gasteiger partial charge in [0.1, 0.15) is 0 Å². The van der Waals surface area contributed by atoms with E-state index in [-0.39, 0.29) is 0 Å².